The first-order valence-electron chi connectivity index (χ1n) is 12.3. The van der Waals surface area contributed by atoms with E-state index in [4.69, 9.17) is 36.1 Å². The van der Waals surface area contributed by atoms with Gasteiger partial charge in [-0.3, -0.25) is 24.2 Å². The molecule has 3 aliphatic rings. The van der Waals surface area contributed by atoms with Gasteiger partial charge in [-0.25, -0.2) is 9.59 Å². The first-order valence-corrected chi connectivity index (χ1v) is 12.7. The van der Waals surface area contributed by atoms with Crippen molar-refractivity contribution in [3.63, 3.8) is 0 Å². The first kappa shape index (κ1) is 28.4. The molecule has 0 aromatic heterocycles. The summed E-state index contributed by atoms with van der Waals surface area (Å²) in [6.07, 6.45) is 3.06. The molecule has 2 N–H and O–H groups in total. The summed E-state index contributed by atoms with van der Waals surface area (Å²) in [7, 11) is 0. The van der Waals surface area contributed by atoms with Crippen LogP contribution < -0.4 is 4.90 Å². The van der Waals surface area contributed by atoms with Crippen molar-refractivity contribution >= 4 is 47.0 Å². The van der Waals surface area contributed by atoms with Crippen LogP contribution in [-0.4, -0.2) is 95.1 Å². The van der Waals surface area contributed by atoms with Gasteiger partial charge in [0.1, 0.15) is 6.10 Å². The van der Waals surface area contributed by atoms with Crippen LogP contribution >= 0.6 is 11.6 Å². The van der Waals surface area contributed by atoms with Gasteiger partial charge in [0.05, 0.1) is 18.4 Å². The number of carbonyl (C=O) groups excluding carboxylic acids is 3. The van der Waals surface area contributed by atoms with Crippen LogP contribution in [0.3, 0.4) is 0 Å². The lowest BCUT2D eigenvalue weighted by atomic mass is 9.81. The molecule has 2 heterocycles. The predicted molar refractivity (Wildman–Crippen MR) is 133 cm³/mol. The average Bonchev–Trinajstić information content (AvgIpc) is 3.09. The Hall–Kier alpha value is -3.18. The second-order valence-corrected chi connectivity index (χ2v) is 9.83. The van der Waals surface area contributed by atoms with Crippen molar-refractivity contribution in [1.29, 1.82) is 0 Å². The Bertz CT molecular complexity index is 991. The zero-order valence-electron chi connectivity index (χ0n) is 20.7. The molecular weight excluding hydrogens is 506 g/mol. The number of carboxylic acid groups (broad SMARTS) is 2. The van der Waals surface area contributed by atoms with Crippen LogP contribution in [-0.2, 0) is 28.7 Å². The Morgan fingerprint density at radius 3 is 2.03 bits per heavy atom. The fraction of sp³-hybridized carbons (Fsp3) is 0.560. The van der Waals surface area contributed by atoms with Crippen LogP contribution in [0.2, 0.25) is 5.02 Å². The van der Waals surface area contributed by atoms with Gasteiger partial charge in [0, 0.05) is 50.4 Å². The van der Waals surface area contributed by atoms with Gasteiger partial charge in [-0.2, -0.15) is 0 Å². The molecule has 0 bridgehead atoms. The van der Waals surface area contributed by atoms with E-state index in [0.717, 1.165) is 62.6 Å². The molecule has 1 aromatic carbocycles. The summed E-state index contributed by atoms with van der Waals surface area (Å²) >= 11 is 6.11. The number of halogens is 1. The van der Waals surface area contributed by atoms with E-state index in [1.165, 1.54) is 11.8 Å². The summed E-state index contributed by atoms with van der Waals surface area (Å²) in [6.45, 7) is 5.30. The van der Waals surface area contributed by atoms with Crippen LogP contribution in [0.25, 0.3) is 0 Å². The number of hydrogen-bond acceptors (Lipinski definition) is 8. The monoisotopic (exact) mass is 537 g/mol. The number of ether oxygens (including phenoxy) is 1. The third kappa shape index (κ3) is 7.65. The number of aliphatic carboxylic acids is 2. The number of benzene rings is 1. The summed E-state index contributed by atoms with van der Waals surface area (Å²) in [4.78, 5) is 61.4. The SMILES string of the molecule is CC(=O)OC(CN1CCN(c2cccc(Cl)c2)CC1)CN1C(=O)[C@H]2CCCC[C@H]2C1=O.O=C(O)C(=O)O. The predicted octanol–water partition coefficient (Wildman–Crippen LogP) is 1.72. The minimum atomic E-state index is -1.82. The second kappa shape index (κ2) is 12.9. The molecule has 3 atom stereocenters. The number of carboxylic acids is 2. The van der Waals surface area contributed by atoms with E-state index in [1.54, 1.807) is 0 Å². The minimum Gasteiger partial charge on any atom is -0.473 e. The quantitative estimate of drug-likeness (QED) is 0.312. The van der Waals surface area contributed by atoms with Crippen LogP contribution in [0.15, 0.2) is 24.3 Å². The first-order chi connectivity index (χ1) is 17.6. The van der Waals surface area contributed by atoms with Gasteiger partial charge >= 0.3 is 17.9 Å². The maximum atomic E-state index is 12.8. The smallest absolute Gasteiger partial charge is 0.414 e. The molecule has 1 saturated carbocycles. The van der Waals surface area contributed by atoms with Gasteiger partial charge < -0.3 is 19.8 Å². The number of nitrogens with zero attached hydrogens (tertiary/aromatic N) is 3. The Morgan fingerprint density at radius 1 is 0.973 bits per heavy atom. The molecule has 2 saturated heterocycles. The van der Waals surface area contributed by atoms with Crippen molar-refractivity contribution in [1.82, 2.24) is 9.80 Å². The van der Waals surface area contributed by atoms with Crippen molar-refractivity contribution in [2.45, 2.75) is 38.7 Å². The number of amides is 2. The second-order valence-electron chi connectivity index (χ2n) is 9.39. The van der Waals surface area contributed by atoms with Gasteiger partial charge in [0.15, 0.2) is 0 Å². The van der Waals surface area contributed by atoms with E-state index in [1.807, 2.05) is 24.3 Å². The normalized spacial score (nSPS) is 22.5. The minimum absolute atomic E-state index is 0.0855. The number of likely N-dealkylation sites (tertiary alicyclic amines) is 1. The molecule has 0 spiro atoms. The summed E-state index contributed by atoms with van der Waals surface area (Å²) in [5.41, 5.74) is 1.10. The van der Waals surface area contributed by atoms with Crippen LogP contribution in [0, 0.1) is 11.8 Å². The third-order valence-corrected chi connectivity index (χ3v) is 7.08. The van der Waals surface area contributed by atoms with E-state index in [2.05, 4.69) is 9.80 Å². The number of anilines is 1. The standard InChI is InChI=1S/C23H30ClN3O4.C2H2O4/c1-16(28)31-19(15-27-22(29)20-7-2-3-8-21(20)23(27)30)14-25-9-11-26(12-10-25)18-6-4-5-17(24)13-18;3-1(4)2(5)6/h4-6,13,19-21H,2-3,7-12,14-15H2,1H3;(H,3,4)(H,5,6)/t19?,20-,21+;. The summed E-state index contributed by atoms with van der Waals surface area (Å²) in [5, 5.41) is 15.5. The Labute approximate surface area is 219 Å². The van der Waals surface area contributed by atoms with Crippen molar-refractivity contribution in [3.8, 4) is 0 Å². The number of imide groups is 1. The Morgan fingerprint density at radius 2 is 1.54 bits per heavy atom. The lowest BCUT2D eigenvalue weighted by Crippen LogP contribution is -2.51. The zero-order chi connectivity index (χ0) is 27.1. The molecule has 1 aromatic rings. The highest BCUT2D eigenvalue weighted by atomic mass is 35.5. The molecule has 3 fully saturated rings. The molecular formula is C25H32ClN3O8. The van der Waals surface area contributed by atoms with E-state index < -0.39 is 18.0 Å². The highest BCUT2D eigenvalue weighted by Gasteiger charge is 2.48. The zero-order valence-corrected chi connectivity index (χ0v) is 21.4. The summed E-state index contributed by atoms with van der Waals surface area (Å²) < 4.78 is 5.53. The number of carbonyl (C=O) groups is 5. The summed E-state index contributed by atoms with van der Waals surface area (Å²) in [5.74, 6) is -4.57. The molecule has 1 unspecified atom stereocenters. The molecule has 37 heavy (non-hydrogen) atoms. The van der Waals surface area contributed by atoms with Gasteiger partial charge in [-0.15, -0.1) is 0 Å². The lowest BCUT2D eigenvalue weighted by Gasteiger charge is -2.37. The number of fused-ring (bicyclic) bond motifs is 1. The average molecular weight is 538 g/mol. The van der Waals surface area contributed by atoms with E-state index in [-0.39, 0.29) is 36.2 Å². The largest absolute Gasteiger partial charge is 0.473 e. The molecule has 12 heteroatoms. The molecule has 2 aliphatic heterocycles. The van der Waals surface area contributed by atoms with E-state index in [0.29, 0.717) is 6.54 Å². The van der Waals surface area contributed by atoms with Gasteiger partial charge in [-0.05, 0) is 31.0 Å². The number of rotatable bonds is 6. The fourth-order valence-corrected chi connectivity index (χ4v) is 5.32. The van der Waals surface area contributed by atoms with Gasteiger partial charge in [0.2, 0.25) is 11.8 Å². The maximum Gasteiger partial charge on any atom is 0.414 e. The van der Waals surface area contributed by atoms with Crippen molar-refractivity contribution in [2.75, 3.05) is 44.2 Å². The summed E-state index contributed by atoms with van der Waals surface area (Å²) in [6, 6.07) is 7.82. The molecule has 0 radical (unpaired) electrons. The maximum absolute atomic E-state index is 12.8. The van der Waals surface area contributed by atoms with E-state index >= 15 is 0 Å². The highest BCUT2D eigenvalue weighted by Crippen LogP contribution is 2.38. The molecule has 4 rings (SSSR count). The van der Waals surface area contributed by atoms with Gasteiger partial charge in [0.25, 0.3) is 0 Å². The molecule has 2 amide bonds. The fourth-order valence-electron chi connectivity index (χ4n) is 5.13. The Balaban J connectivity index is 0.000000568. The van der Waals surface area contributed by atoms with Crippen LogP contribution in [0.4, 0.5) is 5.69 Å². The number of esters is 1. The molecule has 11 nitrogen and oxygen atoms in total. The highest BCUT2D eigenvalue weighted by molar-refractivity contribution is 6.30. The lowest BCUT2D eigenvalue weighted by molar-refractivity contribution is -0.159. The molecule has 1 aliphatic carbocycles. The molecule has 202 valence electrons. The topological polar surface area (TPSA) is 145 Å². The third-order valence-electron chi connectivity index (χ3n) is 6.84. The van der Waals surface area contributed by atoms with Gasteiger partial charge in [-0.1, -0.05) is 30.5 Å². The van der Waals surface area contributed by atoms with Crippen molar-refractivity contribution < 1.29 is 38.9 Å². The van der Waals surface area contributed by atoms with Crippen molar-refractivity contribution in [2.24, 2.45) is 11.8 Å². The Kier molecular flexibility index (Phi) is 9.87. The van der Waals surface area contributed by atoms with Crippen molar-refractivity contribution in [3.05, 3.63) is 29.3 Å². The van der Waals surface area contributed by atoms with Crippen LogP contribution in [0.5, 0.6) is 0 Å². The van der Waals surface area contributed by atoms with Crippen LogP contribution in [0.1, 0.15) is 32.6 Å². The number of hydrogen-bond donors (Lipinski definition) is 2. The van der Waals surface area contributed by atoms with E-state index in [9.17, 15) is 14.4 Å². The number of piperazine rings is 1.